The molecule has 1 fully saturated rings. The first-order valence-electron chi connectivity index (χ1n) is 5.92. The van der Waals surface area contributed by atoms with Crippen LogP contribution in [-0.4, -0.2) is 24.4 Å². The summed E-state index contributed by atoms with van der Waals surface area (Å²) < 4.78 is 0.853. The molecule has 1 aromatic carbocycles. The molecule has 2 rings (SSSR count). The molecule has 4 nitrogen and oxygen atoms in total. The lowest BCUT2D eigenvalue weighted by molar-refractivity contribution is -0.124. The molecule has 0 aromatic heterocycles. The minimum absolute atomic E-state index is 0.0951. The van der Waals surface area contributed by atoms with E-state index in [1.807, 2.05) is 19.1 Å². The van der Waals surface area contributed by atoms with Crippen molar-refractivity contribution >= 4 is 27.7 Å². The van der Waals surface area contributed by atoms with Crippen molar-refractivity contribution in [3.05, 3.63) is 33.8 Å². The summed E-state index contributed by atoms with van der Waals surface area (Å²) in [7, 11) is 0. The highest BCUT2D eigenvalue weighted by Crippen LogP contribution is 2.16. The zero-order valence-electron chi connectivity index (χ0n) is 10.1. The van der Waals surface area contributed by atoms with Crippen LogP contribution in [0.15, 0.2) is 22.7 Å². The number of carbonyl (C=O) groups is 2. The predicted octanol–water partition coefficient (Wildman–Crippen LogP) is 1.77. The molecule has 0 saturated carbocycles. The van der Waals surface area contributed by atoms with Crippen molar-refractivity contribution in [2.24, 2.45) is 0 Å². The summed E-state index contributed by atoms with van der Waals surface area (Å²) in [6.45, 7) is 2.57. The molecule has 96 valence electrons. The van der Waals surface area contributed by atoms with Crippen LogP contribution in [0.1, 0.15) is 28.8 Å². The number of benzene rings is 1. The lowest BCUT2D eigenvalue weighted by Gasteiger charge is -2.23. The molecule has 1 saturated heterocycles. The van der Waals surface area contributed by atoms with Crippen molar-refractivity contribution in [1.29, 1.82) is 0 Å². The Morgan fingerprint density at radius 1 is 1.50 bits per heavy atom. The molecule has 2 N–H and O–H groups in total. The Bertz CT molecular complexity index is 488. The first kappa shape index (κ1) is 13.1. The first-order valence-corrected chi connectivity index (χ1v) is 6.72. The molecule has 2 amide bonds. The maximum atomic E-state index is 12.1. The van der Waals surface area contributed by atoms with Gasteiger partial charge in [-0.3, -0.25) is 9.59 Å². The van der Waals surface area contributed by atoms with Gasteiger partial charge >= 0.3 is 0 Å². The number of piperidine rings is 1. The number of aryl methyl sites for hydroxylation is 1. The molecule has 0 bridgehead atoms. The van der Waals surface area contributed by atoms with Crippen LogP contribution in [0, 0.1) is 6.92 Å². The number of hydrogen-bond donors (Lipinski definition) is 2. The Labute approximate surface area is 114 Å². The minimum atomic E-state index is -0.412. The van der Waals surface area contributed by atoms with E-state index in [1.165, 1.54) is 0 Å². The largest absolute Gasteiger partial charge is 0.354 e. The average molecular weight is 311 g/mol. The number of rotatable bonds is 2. The summed E-state index contributed by atoms with van der Waals surface area (Å²) in [5, 5.41) is 5.53. The molecular weight excluding hydrogens is 296 g/mol. The van der Waals surface area contributed by atoms with E-state index < -0.39 is 6.04 Å². The van der Waals surface area contributed by atoms with Crippen LogP contribution in [0.3, 0.4) is 0 Å². The van der Waals surface area contributed by atoms with Gasteiger partial charge < -0.3 is 10.6 Å². The SMILES string of the molecule is Cc1ccc(Br)cc1C(=O)NC1CCCNC1=O. The molecule has 1 aliphatic heterocycles. The smallest absolute Gasteiger partial charge is 0.252 e. The van der Waals surface area contributed by atoms with Crippen LogP contribution >= 0.6 is 15.9 Å². The molecule has 1 atom stereocenters. The average Bonchev–Trinajstić information content (AvgIpc) is 2.35. The van der Waals surface area contributed by atoms with E-state index in [0.717, 1.165) is 16.5 Å². The molecule has 1 aromatic rings. The van der Waals surface area contributed by atoms with Gasteiger partial charge in [0.2, 0.25) is 5.91 Å². The number of amides is 2. The standard InChI is InChI=1S/C13H15BrN2O2/c1-8-4-5-9(14)7-10(8)12(17)16-11-3-2-6-15-13(11)18/h4-5,7,11H,2-3,6H2,1H3,(H,15,18)(H,16,17). The van der Waals surface area contributed by atoms with Crippen LogP contribution < -0.4 is 10.6 Å². The number of nitrogens with one attached hydrogen (secondary N) is 2. The highest BCUT2D eigenvalue weighted by Gasteiger charge is 2.24. The summed E-state index contributed by atoms with van der Waals surface area (Å²) in [5.74, 6) is -0.293. The van der Waals surface area contributed by atoms with Crippen molar-refractivity contribution in [1.82, 2.24) is 10.6 Å². The van der Waals surface area contributed by atoms with E-state index in [1.54, 1.807) is 6.07 Å². The van der Waals surface area contributed by atoms with E-state index in [9.17, 15) is 9.59 Å². The van der Waals surface area contributed by atoms with Crippen LogP contribution in [0.25, 0.3) is 0 Å². The van der Waals surface area contributed by atoms with E-state index >= 15 is 0 Å². The molecule has 1 aliphatic rings. The molecule has 18 heavy (non-hydrogen) atoms. The number of carbonyl (C=O) groups excluding carboxylic acids is 2. The van der Waals surface area contributed by atoms with Gasteiger partial charge in [-0.1, -0.05) is 22.0 Å². The second-order valence-corrected chi connectivity index (χ2v) is 5.33. The topological polar surface area (TPSA) is 58.2 Å². The molecule has 0 radical (unpaired) electrons. The molecule has 0 spiro atoms. The highest BCUT2D eigenvalue weighted by atomic mass is 79.9. The van der Waals surface area contributed by atoms with Gasteiger partial charge in [0.1, 0.15) is 6.04 Å². The lowest BCUT2D eigenvalue weighted by atomic mass is 10.0. The highest BCUT2D eigenvalue weighted by molar-refractivity contribution is 9.10. The molecule has 0 aliphatic carbocycles. The monoisotopic (exact) mass is 310 g/mol. The molecular formula is C13H15BrN2O2. The Kier molecular flexibility index (Phi) is 4.01. The van der Waals surface area contributed by atoms with E-state index in [4.69, 9.17) is 0 Å². The predicted molar refractivity (Wildman–Crippen MR) is 72.4 cm³/mol. The maximum absolute atomic E-state index is 12.1. The van der Waals surface area contributed by atoms with E-state index in [-0.39, 0.29) is 11.8 Å². The quantitative estimate of drug-likeness (QED) is 0.874. The van der Waals surface area contributed by atoms with Crippen LogP contribution in [-0.2, 0) is 4.79 Å². The third-order valence-corrected chi connectivity index (χ3v) is 3.53. The zero-order chi connectivity index (χ0) is 13.1. The maximum Gasteiger partial charge on any atom is 0.252 e. The van der Waals surface area contributed by atoms with Gasteiger partial charge in [0, 0.05) is 16.6 Å². The zero-order valence-corrected chi connectivity index (χ0v) is 11.7. The number of hydrogen-bond acceptors (Lipinski definition) is 2. The van der Waals surface area contributed by atoms with Crippen molar-refractivity contribution in [2.75, 3.05) is 6.54 Å². The Morgan fingerprint density at radius 2 is 2.28 bits per heavy atom. The molecule has 1 heterocycles. The van der Waals surface area contributed by atoms with E-state index in [0.29, 0.717) is 18.5 Å². The van der Waals surface area contributed by atoms with Crippen molar-refractivity contribution in [3.8, 4) is 0 Å². The van der Waals surface area contributed by atoms with Gasteiger partial charge in [-0.25, -0.2) is 0 Å². The molecule has 5 heteroatoms. The molecule has 1 unspecified atom stereocenters. The fourth-order valence-corrected chi connectivity index (χ4v) is 2.35. The fraction of sp³-hybridized carbons (Fsp3) is 0.385. The summed E-state index contributed by atoms with van der Waals surface area (Å²) in [6.07, 6.45) is 1.60. The summed E-state index contributed by atoms with van der Waals surface area (Å²) in [5.41, 5.74) is 1.50. The van der Waals surface area contributed by atoms with Gasteiger partial charge in [-0.15, -0.1) is 0 Å². The Morgan fingerprint density at radius 3 is 3.00 bits per heavy atom. The Hall–Kier alpha value is -1.36. The lowest BCUT2D eigenvalue weighted by Crippen LogP contribution is -2.50. The third kappa shape index (κ3) is 2.90. The second kappa shape index (κ2) is 5.52. The van der Waals surface area contributed by atoms with Crippen LogP contribution in [0.2, 0.25) is 0 Å². The van der Waals surface area contributed by atoms with Crippen molar-refractivity contribution < 1.29 is 9.59 Å². The first-order chi connectivity index (χ1) is 8.58. The van der Waals surface area contributed by atoms with Gasteiger partial charge in [-0.2, -0.15) is 0 Å². The third-order valence-electron chi connectivity index (χ3n) is 3.03. The summed E-state index contributed by atoms with van der Waals surface area (Å²) in [6, 6.07) is 5.12. The summed E-state index contributed by atoms with van der Waals surface area (Å²) in [4.78, 5) is 23.7. The summed E-state index contributed by atoms with van der Waals surface area (Å²) >= 11 is 3.34. The number of halogens is 1. The van der Waals surface area contributed by atoms with Crippen molar-refractivity contribution in [3.63, 3.8) is 0 Å². The fourth-order valence-electron chi connectivity index (χ4n) is 1.98. The van der Waals surface area contributed by atoms with E-state index in [2.05, 4.69) is 26.6 Å². The second-order valence-electron chi connectivity index (χ2n) is 4.42. The minimum Gasteiger partial charge on any atom is -0.354 e. The Balaban J connectivity index is 2.11. The van der Waals surface area contributed by atoms with Crippen molar-refractivity contribution in [2.45, 2.75) is 25.8 Å². The van der Waals surface area contributed by atoms with Crippen LogP contribution in [0.5, 0.6) is 0 Å². The van der Waals surface area contributed by atoms with Gasteiger partial charge in [0.05, 0.1) is 0 Å². The van der Waals surface area contributed by atoms with Crippen LogP contribution in [0.4, 0.5) is 0 Å². The normalized spacial score (nSPS) is 19.2. The van der Waals surface area contributed by atoms with Gasteiger partial charge in [-0.05, 0) is 37.5 Å². The van der Waals surface area contributed by atoms with Gasteiger partial charge in [0.25, 0.3) is 5.91 Å². The van der Waals surface area contributed by atoms with Gasteiger partial charge in [0.15, 0.2) is 0 Å².